The molecular weight excluding hydrogens is 546 g/mol. The van der Waals surface area contributed by atoms with Crippen LogP contribution in [0.15, 0.2) is 71.9 Å². The van der Waals surface area contributed by atoms with E-state index in [2.05, 4.69) is 20.8 Å². The fourth-order valence-electron chi connectivity index (χ4n) is 3.40. The van der Waals surface area contributed by atoms with Gasteiger partial charge in [-0.05, 0) is 60.5 Å². The highest BCUT2D eigenvalue weighted by Gasteiger charge is 2.30. The first-order valence-corrected chi connectivity index (χ1v) is 12.6. The summed E-state index contributed by atoms with van der Waals surface area (Å²) < 4.78 is 40.0. The van der Waals surface area contributed by atoms with Crippen LogP contribution in [0.4, 0.5) is 23.7 Å². The number of nitrogens with one attached hydrogen (secondary N) is 2. The van der Waals surface area contributed by atoms with E-state index in [1.54, 1.807) is 22.8 Å². The normalized spacial score (nSPS) is 11.4. The lowest BCUT2D eigenvalue weighted by Crippen LogP contribution is -2.29. The Kier molecular flexibility index (Phi) is 8.31. The molecule has 4 aromatic rings. The van der Waals surface area contributed by atoms with E-state index in [1.807, 2.05) is 31.2 Å². The second kappa shape index (κ2) is 11.5. The highest BCUT2D eigenvalue weighted by molar-refractivity contribution is 7.98. The molecule has 0 saturated heterocycles. The number of urea groups is 1. The molecule has 4 rings (SSSR count). The van der Waals surface area contributed by atoms with Gasteiger partial charge in [0.1, 0.15) is 0 Å². The molecule has 37 heavy (non-hydrogen) atoms. The van der Waals surface area contributed by atoms with E-state index in [4.69, 9.17) is 23.2 Å². The van der Waals surface area contributed by atoms with E-state index in [-0.39, 0.29) is 12.2 Å². The average Bonchev–Trinajstić information content (AvgIpc) is 3.26. The second-order valence-corrected chi connectivity index (χ2v) is 9.71. The predicted molar refractivity (Wildman–Crippen MR) is 139 cm³/mol. The third-order valence-corrected chi connectivity index (χ3v) is 6.88. The Labute approximate surface area is 225 Å². The lowest BCUT2D eigenvalue weighted by molar-refractivity contribution is -0.137. The summed E-state index contributed by atoms with van der Waals surface area (Å²) in [4.78, 5) is 12.4. The molecule has 0 atom stereocenters. The molecule has 0 aliphatic rings. The number of amides is 2. The van der Waals surface area contributed by atoms with Gasteiger partial charge in [-0.15, -0.1) is 10.2 Å². The molecule has 3 aromatic carbocycles. The first-order valence-electron chi connectivity index (χ1n) is 10.9. The third kappa shape index (κ3) is 6.76. The molecule has 2 N–H and O–H groups in total. The van der Waals surface area contributed by atoms with Gasteiger partial charge in [0.25, 0.3) is 0 Å². The van der Waals surface area contributed by atoms with Gasteiger partial charge in [-0.2, -0.15) is 13.2 Å². The Hall–Kier alpha value is -3.21. The van der Waals surface area contributed by atoms with Gasteiger partial charge in [-0.25, -0.2) is 4.79 Å². The van der Waals surface area contributed by atoms with E-state index < -0.39 is 17.8 Å². The van der Waals surface area contributed by atoms with E-state index in [0.29, 0.717) is 32.5 Å². The molecule has 1 aromatic heterocycles. The number of aromatic nitrogens is 3. The Morgan fingerprint density at radius 3 is 2.46 bits per heavy atom. The van der Waals surface area contributed by atoms with E-state index in [9.17, 15) is 18.0 Å². The number of carbonyl (C=O) groups is 1. The standard InChI is InChI=1S/C25H20Cl2F3N5OS/c1-15-4-2-3-5-16(15)14-37-24-34-33-22(35(24)21-12-18(26)8-11-20(21)27)13-31-23(36)32-19-9-6-17(7-10-19)25(28,29)30/h2-12H,13-14H2,1H3,(H2,31,32,36). The fraction of sp³-hybridized carbons (Fsp3) is 0.160. The minimum absolute atomic E-state index is 0.0345. The van der Waals surface area contributed by atoms with Crippen molar-refractivity contribution in [1.29, 1.82) is 0 Å². The summed E-state index contributed by atoms with van der Waals surface area (Å²) in [6.07, 6.45) is -4.46. The summed E-state index contributed by atoms with van der Waals surface area (Å²) in [5.74, 6) is 1.02. The zero-order valence-corrected chi connectivity index (χ0v) is 21.6. The van der Waals surface area contributed by atoms with Crippen LogP contribution in [0, 0.1) is 6.92 Å². The molecule has 0 radical (unpaired) electrons. The molecule has 12 heteroatoms. The van der Waals surface area contributed by atoms with Gasteiger partial charge in [0, 0.05) is 16.5 Å². The number of hydrogen-bond donors (Lipinski definition) is 2. The molecule has 0 fully saturated rings. The number of benzene rings is 3. The number of aryl methyl sites for hydroxylation is 1. The van der Waals surface area contributed by atoms with Crippen molar-refractivity contribution in [2.45, 2.75) is 30.6 Å². The van der Waals surface area contributed by atoms with Crippen LogP contribution >= 0.6 is 35.0 Å². The first kappa shape index (κ1) is 26.8. The van der Waals surface area contributed by atoms with Gasteiger partial charge in [0.15, 0.2) is 11.0 Å². The number of nitrogens with zero attached hydrogens (tertiary/aromatic N) is 3. The van der Waals surface area contributed by atoms with Crippen LogP contribution < -0.4 is 10.6 Å². The van der Waals surface area contributed by atoms with Gasteiger partial charge < -0.3 is 10.6 Å². The van der Waals surface area contributed by atoms with Crippen LogP contribution in [0.3, 0.4) is 0 Å². The smallest absolute Gasteiger partial charge is 0.331 e. The van der Waals surface area contributed by atoms with Gasteiger partial charge in [-0.3, -0.25) is 4.57 Å². The summed E-state index contributed by atoms with van der Waals surface area (Å²) in [5, 5.41) is 15.1. The Bertz CT molecular complexity index is 1410. The maximum atomic E-state index is 12.8. The van der Waals surface area contributed by atoms with Gasteiger partial charge in [0.05, 0.1) is 22.8 Å². The van der Waals surface area contributed by atoms with Crippen molar-refractivity contribution in [3.05, 3.63) is 99.3 Å². The van der Waals surface area contributed by atoms with Crippen LogP contribution in [0.2, 0.25) is 10.0 Å². The largest absolute Gasteiger partial charge is 0.416 e. The van der Waals surface area contributed by atoms with Crippen LogP contribution in [0.5, 0.6) is 0 Å². The molecule has 0 bridgehead atoms. The Morgan fingerprint density at radius 1 is 1.03 bits per heavy atom. The molecule has 0 spiro atoms. The second-order valence-electron chi connectivity index (χ2n) is 7.93. The zero-order valence-electron chi connectivity index (χ0n) is 19.3. The van der Waals surface area contributed by atoms with E-state index >= 15 is 0 Å². The quantitative estimate of drug-likeness (QED) is 0.227. The summed E-state index contributed by atoms with van der Waals surface area (Å²) in [5.41, 5.74) is 2.23. The minimum atomic E-state index is -4.46. The molecule has 0 aliphatic heterocycles. The van der Waals surface area contributed by atoms with Crippen molar-refractivity contribution in [3.8, 4) is 5.69 Å². The third-order valence-electron chi connectivity index (χ3n) is 5.34. The van der Waals surface area contributed by atoms with E-state index in [1.165, 1.54) is 23.9 Å². The number of halogens is 5. The van der Waals surface area contributed by atoms with Gasteiger partial charge in [0.2, 0.25) is 0 Å². The molecule has 6 nitrogen and oxygen atoms in total. The lowest BCUT2D eigenvalue weighted by Gasteiger charge is -2.14. The summed E-state index contributed by atoms with van der Waals surface area (Å²) in [6, 6.07) is 16.5. The van der Waals surface area contributed by atoms with Crippen molar-refractivity contribution < 1.29 is 18.0 Å². The van der Waals surface area contributed by atoms with Crippen LogP contribution in [0.1, 0.15) is 22.5 Å². The van der Waals surface area contributed by atoms with E-state index in [0.717, 1.165) is 23.3 Å². The van der Waals surface area contributed by atoms with Crippen molar-refractivity contribution in [2.24, 2.45) is 0 Å². The number of rotatable bonds is 7. The zero-order chi connectivity index (χ0) is 26.6. The molecule has 0 unspecified atom stereocenters. The van der Waals surface area contributed by atoms with Crippen LogP contribution in [-0.2, 0) is 18.5 Å². The van der Waals surface area contributed by atoms with Gasteiger partial charge >= 0.3 is 12.2 Å². The Morgan fingerprint density at radius 2 is 1.76 bits per heavy atom. The van der Waals surface area contributed by atoms with Gasteiger partial charge in [-0.1, -0.05) is 59.2 Å². The summed E-state index contributed by atoms with van der Waals surface area (Å²) in [7, 11) is 0. The monoisotopic (exact) mass is 565 g/mol. The average molecular weight is 566 g/mol. The molecule has 192 valence electrons. The fourth-order valence-corrected chi connectivity index (χ4v) is 4.81. The lowest BCUT2D eigenvalue weighted by atomic mass is 10.1. The number of anilines is 1. The number of alkyl halides is 3. The minimum Gasteiger partial charge on any atom is -0.331 e. The van der Waals surface area contributed by atoms with Crippen molar-refractivity contribution in [3.63, 3.8) is 0 Å². The number of thioether (sulfide) groups is 1. The van der Waals surface area contributed by atoms with Crippen LogP contribution in [-0.4, -0.2) is 20.8 Å². The molecule has 0 aliphatic carbocycles. The number of hydrogen-bond acceptors (Lipinski definition) is 4. The SMILES string of the molecule is Cc1ccccc1CSc1nnc(CNC(=O)Nc2ccc(C(F)(F)F)cc2)n1-c1cc(Cl)ccc1Cl. The highest BCUT2D eigenvalue weighted by Crippen LogP contribution is 2.32. The van der Waals surface area contributed by atoms with Crippen molar-refractivity contribution >= 4 is 46.7 Å². The molecular formula is C25H20Cl2F3N5OS. The van der Waals surface area contributed by atoms with Crippen molar-refractivity contribution in [1.82, 2.24) is 20.1 Å². The highest BCUT2D eigenvalue weighted by atomic mass is 35.5. The first-order chi connectivity index (χ1) is 17.6. The summed E-state index contributed by atoms with van der Waals surface area (Å²) >= 11 is 14.1. The summed E-state index contributed by atoms with van der Waals surface area (Å²) in [6.45, 7) is 1.99. The molecule has 0 saturated carbocycles. The maximum absolute atomic E-state index is 12.8. The van der Waals surface area contributed by atoms with Crippen molar-refractivity contribution in [2.75, 3.05) is 5.32 Å². The van der Waals surface area contributed by atoms with Crippen LogP contribution in [0.25, 0.3) is 5.69 Å². The maximum Gasteiger partial charge on any atom is 0.416 e. The predicted octanol–water partition coefficient (Wildman–Crippen LogP) is 7.52. The topological polar surface area (TPSA) is 71.8 Å². The molecule has 1 heterocycles. The molecule has 2 amide bonds. The number of carbonyl (C=O) groups excluding carboxylic acids is 1. The Balaban J connectivity index is 1.52.